The molecule has 130 valence electrons. The molecule has 0 bridgehead atoms. The Labute approximate surface area is 169 Å². The molecule has 0 N–H and O–H groups in total. The van der Waals surface area contributed by atoms with E-state index in [1.54, 1.807) is 0 Å². The van der Waals surface area contributed by atoms with E-state index < -0.39 is 20.8 Å². The van der Waals surface area contributed by atoms with Gasteiger partial charge in [0.15, 0.2) is 0 Å². The zero-order valence-corrected chi connectivity index (χ0v) is 18.0. The van der Waals surface area contributed by atoms with E-state index in [-0.39, 0.29) is 0 Å². The predicted molar refractivity (Wildman–Crippen MR) is 109 cm³/mol. The number of halogens is 2. The van der Waals surface area contributed by atoms with Crippen LogP contribution < -0.4 is 0 Å². The second kappa shape index (κ2) is 12.5. The third-order valence-corrected chi connectivity index (χ3v) is 3.89. The minimum absolute atomic E-state index is 0.826. The molecule has 25 heavy (non-hydrogen) atoms. The van der Waals surface area contributed by atoms with Crippen LogP contribution in [0, 0.1) is 6.42 Å². The minimum Gasteiger partial charge on any atom is -0.214 e. The predicted octanol–water partition coefficient (Wildman–Crippen LogP) is 7.87. The molecule has 4 aromatic carbocycles. The topological polar surface area (TPSA) is 0 Å². The first-order valence-corrected chi connectivity index (χ1v) is 14.7. The van der Waals surface area contributed by atoms with Crippen LogP contribution >= 0.6 is 17.0 Å². The molecule has 0 amide bonds. The van der Waals surface area contributed by atoms with Crippen LogP contribution in [-0.4, -0.2) is 0 Å². The molecule has 1 fully saturated rings. The van der Waals surface area contributed by atoms with Gasteiger partial charge in [-0.2, -0.15) is 31.0 Å². The van der Waals surface area contributed by atoms with Gasteiger partial charge in [0.1, 0.15) is 0 Å². The summed E-state index contributed by atoms with van der Waals surface area (Å²) >= 11 is -0.826. The van der Waals surface area contributed by atoms with Crippen molar-refractivity contribution in [2.45, 2.75) is 19.3 Å². The Balaban J connectivity index is 0.000000154. The van der Waals surface area contributed by atoms with Crippen molar-refractivity contribution in [3.63, 3.8) is 0 Å². The number of hydrogen-bond acceptors (Lipinski definition) is 0. The van der Waals surface area contributed by atoms with E-state index in [0.717, 1.165) is 0 Å². The van der Waals surface area contributed by atoms with Crippen molar-refractivity contribution in [3.05, 3.63) is 91.3 Å². The maximum Gasteiger partial charge on any atom is -0.0771 e. The van der Waals surface area contributed by atoms with Crippen LogP contribution in [0.1, 0.15) is 19.3 Å². The van der Waals surface area contributed by atoms with E-state index in [4.69, 9.17) is 17.0 Å². The average Bonchev–Trinajstić information content (AvgIpc) is 3.25. The van der Waals surface area contributed by atoms with Gasteiger partial charge < -0.3 is 6.42 Å². The van der Waals surface area contributed by atoms with E-state index in [0.29, 0.717) is 0 Å². The van der Waals surface area contributed by atoms with Crippen molar-refractivity contribution in [2.24, 2.45) is 0 Å². The van der Waals surface area contributed by atoms with Crippen molar-refractivity contribution < 1.29 is 20.8 Å². The number of rotatable bonds is 0. The van der Waals surface area contributed by atoms with Gasteiger partial charge in [-0.15, -0.1) is 46.2 Å². The molecule has 0 saturated heterocycles. The largest absolute Gasteiger partial charge is 0.214 e. The van der Waals surface area contributed by atoms with Crippen LogP contribution in [0.2, 0.25) is 0 Å². The van der Waals surface area contributed by atoms with Crippen molar-refractivity contribution in [3.8, 4) is 0 Å². The maximum absolute atomic E-state index is 4.93. The monoisotopic (exact) mass is 445 g/mol. The molecule has 0 nitrogen and oxygen atoms in total. The third kappa shape index (κ3) is 7.10. The van der Waals surface area contributed by atoms with Crippen LogP contribution in [0.15, 0.2) is 84.9 Å². The van der Waals surface area contributed by atoms with Gasteiger partial charge in [-0.1, -0.05) is 36.4 Å². The Morgan fingerprint density at radius 1 is 0.720 bits per heavy atom. The van der Waals surface area contributed by atoms with Crippen molar-refractivity contribution in [1.82, 2.24) is 0 Å². The Kier molecular flexibility index (Phi) is 10.2. The molecule has 0 spiro atoms. The summed E-state index contributed by atoms with van der Waals surface area (Å²) in [5, 5.41) is 5.39. The first-order chi connectivity index (χ1) is 12.4. The maximum atomic E-state index is 4.93. The van der Waals surface area contributed by atoms with Gasteiger partial charge in [0.2, 0.25) is 0 Å². The van der Waals surface area contributed by atoms with Crippen LogP contribution in [0.25, 0.3) is 21.5 Å². The molecule has 3 heteroatoms. The first-order valence-electron chi connectivity index (χ1n) is 8.34. The van der Waals surface area contributed by atoms with Gasteiger partial charge in [0.25, 0.3) is 0 Å². The minimum atomic E-state index is -0.826. The molecule has 0 unspecified atom stereocenters. The van der Waals surface area contributed by atoms with E-state index in [9.17, 15) is 0 Å². The van der Waals surface area contributed by atoms with Gasteiger partial charge in [-0.3, -0.25) is 0 Å². The Hall–Kier alpha value is -0.877. The first kappa shape index (κ1) is 20.4. The summed E-state index contributed by atoms with van der Waals surface area (Å²) in [6.45, 7) is 0. The summed E-state index contributed by atoms with van der Waals surface area (Å²) in [6.07, 6.45) is 6.50. The number of fused-ring (bicyclic) bond motifs is 3. The summed E-state index contributed by atoms with van der Waals surface area (Å²) in [4.78, 5) is 0. The van der Waals surface area contributed by atoms with E-state index in [1.165, 1.54) is 40.8 Å². The second-order valence-electron chi connectivity index (χ2n) is 5.57. The quantitative estimate of drug-likeness (QED) is 0.241. The van der Waals surface area contributed by atoms with E-state index >= 15 is 0 Å². The summed E-state index contributed by atoms with van der Waals surface area (Å²) in [5.74, 6) is 0. The van der Waals surface area contributed by atoms with E-state index in [2.05, 4.69) is 61.0 Å². The fraction of sp³-hybridized carbons (Fsp3) is 0.136. The summed E-state index contributed by atoms with van der Waals surface area (Å²) < 4.78 is 0. The van der Waals surface area contributed by atoms with Crippen LogP contribution in [0.4, 0.5) is 0 Å². The van der Waals surface area contributed by atoms with Crippen molar-refractivity contribution >= 4 is 38.6 Å². The Morgan fingerprint density at radius 3 is 1.44 bits per heavy atom. The van der Waals surface area contributed by atoms with Gasteiger partial charge in [-0.05, 0) is 0 Å². The fourth-order valence-electron chi connectivity index (χ4n) is 2.43. The van der Waals surface area contributed by atoms with Crippen LogP contribution in [0.3, 0.4) is 0 Å². The molecular formula is C22H21Cl2Zr-3. The molecule has 0 heterocycles. The van der Waals surface area contributed by atoms with Crippen molar-refractivity contribution in [1.29, 1.82) is 0 Å². The zero-order chi connectivity index (χ0) is 17.7. The van der Waals surface area contributed by atoms with E-state index in [1.807, 2.05) is 30.3 Å². The summed E-state index contributed by atoms with van der Waals surface area (Å²) in [6, 6.07) is 29.3. The molecule has 1 saturated carbocycles. The van der Waals surface area contributed by atoms with Crippen LogP contribution in [0.5, 0.6) is 0 Å². The molecule has 0 aromatic heterocycles. The second-order valence-corrected chi connectivity index (χ2v) is 9.30. The van der Waals surface area contributed by atoms with Gasteiger partial charge in [0, 0.05) is 0 Å². The van der Waals surface area contributed by atoms with Gasteiger partial charge in [-0.25, -0.2) is 12.1 Å². The molecule has 0 radical (unpaired) electrons. The summed E-state index contributed by atoms with van der Waals surface area (Å²) in [5.41, 5.74) is 0. The zero-order valence-electron chi connectivity index (χ0n) is 14.0. The van der Waals surface area contributed by atoms with Crippen molar-refractivity contribution in [2.75, 3.05) is 0 Å². The SMILES string of the molecule is [CH-]1CCC1.[Cl][Zr][Cl].c1cc[cH-]c1.c1ccc2c(c1)[cH-]c1ccccc12. The number of benzene rings is 2. The molecule has 1 aliphatic carbocycles. The normalized spacial score (nSPS) is 11.8. The third-order valence-electron chi connectivity index (χ3n) is 3.89. The molecule has 5 rings (SSSR count). The average molecular weight is 448 g/mol. The molecule has 0 atom stereocenters. The smallest absolute Gasteiger partial charge is 0.0771 e. The number of hydrogen-bond donors (Lipinski definition) is 0. The molecule has 0 aliphatic heterocycles. The Bertz CT molecular complexity index is 743. The molecule has 4 aromatic rings. The Morgan fingerprint density at radius 2 is 1.12 bits per heavy atom. The van der Waals surface area contributed by atoms with Gasteiger partial charge >= 0.3 is 37.9 Å². The molecular weight excluding hydrogens is 426 g/mol. The summed E-state index contributed by atoms with van der Waals surface area (Å²) in [7, 11) is 9.87. The van der Waals surface area contributed by atoms with Crippen LogP contribution in [-0.2, 0) is 20.8 Å². The fourth-order valence-corrected chi connectivity index (χ4v) is 2.43. The standard InChI is InChI=1S/C13H9.C5H5.C4H7.2ClH.Zr/c1-3-7-12-10(5-1)9-11-6-2-4-8-13(11)12;1-2-4-5-3-1;1-2-4-3-1;;;/h1-9H;1-5H;1H,2-4H2;2*1H;/q3*-1;;;+2/p-2. The van der Waals surface area contributed by atoms with Gasteiger partial charge in [0.05, 0.1) is 0 Å². The molecule has 1 aliphatic rings.